The zero-order valence-corrected chi connectivity index (χ0v) is 8.46. The van der Waals surface area contributed by atoms with Gasteiger partial charge in [0.15, 0.2) is 0 Å². The molecule has 1 fully saturated rings. The average Bonchev–Trinajstić information content (AvgIpc) is 2.52. The maximum atomic E-state index is 8.47. The highest BCUT2D eigenvalue weighted by Crippen LogP contribution is 2.24. The Morgan fingerprint density at radius 3 is 2.85 bits per heavy atom. The van der Waals surface area contributed by atoms with Crippen LogP contribution in [0.1, 0.15) is 26.2 Å². The van der Waals surface area contributed by atoms with E-state index >= 15 is 0 Å². The Bertz CT molecular complexity index is 130. The van der Waals surface area contributed by atoms with Gasteiger partial charge in [0, 0.05) is 12.6 Å². The van der Waals surface area contributed by atoms with Gasteiger partial charge in [-0.05, 0) is 18.8 Å². The second kappa shape index (κ2) is 6.35. The quantitative estimate of drug-likeness (QED) is 0.604. The van der Waals surface area contributed by atoms with Crippen molar-refractivity contribution < 1.29 is 9.84 Å². The minimum Gasteiger partial charge on any atom is -0.394 e. The summed E-state index contributed by atoms with van der Waals surface area (Å²) in [6, 6.07) is 0.692. The third-order valence-electron chi connectivity index (χ3n) is 2.75. The summed E-state index contributed by atoms with van der Waals surface area (Å²) >= 11 is 0. The minimum absolute atomic E-state index is 0.125. The third-order valence-corrected chi connectivity index (χ3v) is 2.75. The number of hydrogen-bond acceptors (Lipinski definition) is 3. The molecule has 1 rings (SSSR count). The predicted octanol–water partition coefficient (Wildman–Crippen LogP) is 0.774. The van der Waals surface area contributed by atoms with Crippen LogP contribution in [-0.4, -0.2) is 37.5 Å². The summed E-state index contributed by atoms with van der Waals surface area (Å²) in [5, 5.41) is 12.0. The number of nitrogens with one attached hydrogen (secondary N) is 1. The Balaban J connectivity index is 1.93. The van der Waals surface area contributed by atoms with Gasteiger partial charge < -0.3 is 15.2 Å². The molecule has 0 aromatic rings. The number of aliphatic hydroxyl groups excluding tert-OH is 1. The molecule has 0 spiro atoms. The highest BCUT2D eigenvalue weighted by Gasteiger charge is 2.21. The zero-order valence-electron chi connectivity index (χ0n) is 8.46. The maximum Gasteiger partial charge on any atom is 0.0698 e. The van der Waals surface area contributed by atoms with Gasteiger partial charge in [-0.25, -0.2) is 0 Å². The number of rotatable bonds is 6. The SMILES string of the molecule is C[C@H]1CCC[C@@H]1NCCOCCO. The van der Waals surface area contributed by atoms with E-state index in [2.05, 4.69) is 12.2 Å². The molecule has 78 valence electrons. The summed E-state index contributed by atoms with van der Waals surface area (Å²) in [7, 11) is 0. The zero-order chi connectivity index (χ0) is 9.52. The van der Waals surface area contributed by atoms with Crippen molar-refractivity contribution in [1.82, 2.24) is 5.32 Å². The van der Waals surface area contributed by atoms with Crippen LogP contribution in [0.2, 0.25) is 0 Å². The maximum absolute atomic E-state index is 8.47. The molecule has 0 aromatic heterocycles. The van der Waals surface area contributed by atoms with Crippen LogP contribution in [0.25, 0.3) is 0 Å². The van der Waals surface area contributed by atoms with Gasteiger partial charge in [-0.15, -0.1) is 0 Å². The lowest BCUT2D eigenvalue weighted by Gasteiger charge is -2.16. The summed E-state index contributed by atoms with van der Waals surface area (Å²) in [6.07, 6.45) is 4.02. The van der Waals surface area contributed by atoms with Gasteiger partial charge in [0.1, 0.15) is 0 Å². The van der Waals surface area contributed by atoms with E-state index in [9.17, 15) is 0 Å². The van der Waals surface area contributed by atoms with Crippen molar-refractivity contribution in [3.8, 4) is 0 Å². The van der Waals surface area contributed by atoms with Crippen LogP contribution in [0.5, 0.6) is 0 Å². The van der Waals surface area contributed by atoms with Gasteiger partial charge in [0.2, 0.25) is 0 Å². The van der Waals surface area contributed by atoms with Crippen molar-refractivity contribution in [2.45, 2.75) is 32.2 Å². The van der Waals surface area contributed by atoms with Gasteiger partial charge in [0.25, 0.3) is 0 Å². The first kappa shape index (κ1) is 11.0. The van der Waals surface area contributed by atoms with Gasteiger partial charge in [-0.2, -0.15) is 0 Å². The van der Waals surface area contributed by atoms with Crippen LogP contribution in [0.3, 0.4) is 0 Å². The van der Waals surface area contributed by atoms with Gasteiger partial charge in [-0.1, -0.05) is 13.3 Å². The molecular formula is C10H21NO2. The van der Waals surface area contributed by atoms with Crippen molar-refractivity contribution in [2.75, 3.05) is 26.4 Å². The van der Waals surface area contributed by atoms with E-state index in [0.717, 1.165) is 12.5 Å². The van der Waals surface area contributed by atoms with Gasteiger partial charge in [0.05, 0.1) is 19.8 Å². The lowest BCUT2D eigenvalue weighted by molar-refractivity contribution is 0.0920. The van der Waals surface area contributed by atoms with Crippen LogP contribution in [0.15, 0.2) is 0 Å². The second-order valence-corrected chi connectivity index (χ2v) is 3.80. The standard InChI is InChI=1S/C10H21NO2/c1-9-3-2-4-10(9)11-5-7-13-8-6-12/h9-12H,2-8H2,1H3/t9-,10-/m0/s1. The number of aliphatic hydroxyl groups is 1. The van der Waals surface area contributed by atoms with Gasteiger partial charge >= 0.3 is 0 Å². The first-order chi connectivity index (χ1) is 6.34. The molecule has 0 bridgehead atoms. The Morgan fingerprint density at radius 2 is 2.23 bits per heavy atom. The highest BCUT2D eigenvalue weighted by atomic mass is 16.5. The highest BCUT2D eigenvalue weighted by molar-refractivity contribution is 4.79. The summed E-state index contributed by atoms with van der Waals surface area (Å²) in [4.78, 5) is 0. The van der Waals surface area contributed by atoms with Crippen LogP contribution >= 0.6 is 0 Å². The Labute approximate surface area is 80.5 Å². The van der Waals surface area contributed by atoms with Crippen LogP contribution in [0, 0.1) is 5.92 Å². The molecule has 2 atom stereocenters. The molecule has 0 aliphatic heterocycles. The van der Waals surface area contributed by atoms with Gasteiger partial charge in [-0.3, -0.25) is 0 Å². The molecule has 0 heterocycles. The van der Waals surface area contributed by atoms with Crippen molar-refractivity contribution in [3.05, 3.63) is 0 Å². The number of ether oxygens (including phenoxy) is 1. The second-order valence-electron chi connectivity index (χ2n) is 3.80. The molecule has 0 amide bonds. The lowest BCUT2D eigenvalue weighted by Crippen LogP contribution is -2.33. The minimum atomic E-state index is 0.125. The molecule has 0 radical (unpaired) electrons. The molecule has 1 saturated carbocycles. The fourth-order valence-corrected chi connectivity index (χ4v) is 1.93. The van der Waals surface area contributed by atoms with Crippen LogP contribution in [0.4, 0.5) is 0 Å². The van der Waals surface area contributed by atoms with E-state index in [1.165, 1.54) is 19.3 Å². The molecule has 0 aromatic carbocycles. The van der Waals surface area contributed by atoms with E-state index in [4.69, 9.17) is 9.84 Å². The largest absolute Gasteiger partial charge is 0.394 e. The molecular weight excluding hydrogens is 166 g/mol. The van der Waals surface area contributed by atoms with Crippen LogP contribution in [-0.2, 0) is 4.74 Å². The molecule has 0 saturated heterocycles. The van der Waals surface area contributed by atoms with Crippen molar-refractivity contribution in [3.63, 3.8) is 0 Å². The lowest BCUT2D eigenvalue weighted by atomic mass is 10.1. The molecule has 3 nitrogen and oxygen atoms in total. The number of hydrogen-bond donors (Lipinski definition) is 2. The van der Waals surface area contributed by atoms with E-state index in [1.807, 2.05) is 0 Å². The van der Waals surface area contributed by atoms with Crippen LogP contribution < -0.4 is 5.32 Å². The Hall–Kier alpha value is -0.120. The van der Waals surface area contributed by atoms with Crippen molar-refractivity contribution in [2.24, 2.45) is 5.92 Å². The summed E-state index contributed by atoms with van der Waals surface area (Å²) in [5.41, 5.74) is 0. The predicted molar refractivity (Wildman–Crippen MR) is 52.7 cm³/mol. The van der Waals surface area contributed by atoms with E-state index in [-0.39, 0.29) is 6.61 Å². The smallest absolute Gasteiger partial charge is 0.0698 e. The molecule has 1 aliphatic rings. The third kappa shape index (κ3) is 4.07. The fraction of sp³-hybridized carbons (Fsp3) is 1.00. The topological polar surface area (TPSA) is 41.5 Å². The molecule has 0 unspecified atom stereocenters. The van der Waals surface area contributed by atoms with Crippen molar-refractivity contribution in [1.29, 1.82) is 0 Å². The summed E-state index contributed by atoms with van der Waals surface area (Å²) in [6.45, 7) is 4.51. The summed E-state index contributed by atoms with van der Waals surface area (Å²) < 4.78 is 5.17. The average molecular weight is 187 g/mol. The molecule has 13 heavy (non-hydrogen) atoms. The normalized spacial score (nSPS) is 28.2. The first-order valence-electron chi connectivity index (χ1n) is 5.26. The van der Waals surface area contributed by atoms with E-state index in [1.54, 1.807) is 0 Å². The Kier molecular flexibility index (Phi) is 5.35. The Morgan fingerprint density at radius 1 is 1.38 bits per heavy atom. The van der Waals surface area contributed by atoms with E-state index in [0.29, 0.717) is 19.3 Å². The summed E-state index contributed by atoms with van der Waals surface area (Å²) in [5.74, 6) is 0.817. The monoisotopic (exact) mass is 187 g/mol. The van der Waals surface area contributed by atoms with E-state index < -0.39 is 0 Å². The fourth-order valence-electron chi connectivity index (χ4n) is 1.93. The molecule has 3 heteroatoms. The van der Waals surface area contributed by atoms with Crippen molar-refractivity contribution >= 4 is 0 Å². The molecule has 1 aliphatic carbocycles. The molecule has 2 N–H and O–H groups in total. The first-order valence-corrected chi connectivity index (χ1v) is 5.26.